The van der Waals surface area contributed by atoms with Crippen molar-refractivity contribution in [1.82, 2.24) is 9.97 Å². The fraction of sp³-hybridized carbons (Fsp3) is 0.143. The highest BCUT2D eigenvalue weighted by atomic mass is 32.2. The van der Waals surface area contributed by atoms with Gasteiger partial charge in [-0.3, -0.25) is 9.59 Å². The Hall–Kier alpha value is -3.86. The quantitative estimate of drug-likeness (QED) is 0.468. The molecule has 0 unspecified atom stereocenters. The van der Waals surface area contributed by atoms with Crippen LogP contribution in [0.2, 0.25) is 0 Å². The van der Waals surface area contributed by atoms with Gasteiger partial charge in [0.25, 0.3) is 10.0 Å². The van der Waals surface area contributed by atoms with Crippen molar-refractivity contribution >= 4 is 39.2 Å². The molecule has 0 spiro atoms. The zero-order valence-electron chi connectivity index (χ0n) is 17.2. The maximum Gasteiger partial charge on any atom is 0.264 e. The minimum Gasteiger partial charge on any atom is -0.326 e. The number of halogens is 1. The highest BCUT2D eigenvalue weighted by Gasteiger charge is 2.17. The summed E-state index contributed by atoms with van der Waals surface area (Å²) in [6, 6.07) is 12.2. The van der Waals surface area contributed by atoms with Gasteiger partial charge < -0.3 is 10.6 Å². The summed E-state index contributed by atoms with van der Waals surface area (Å²) in [5, 5.41) is 4.99. The molecule has 32 heavy (non-hydrogen) atoms. The standard InChI is InChI=1S/C21H20FN5O4S/c1-13-11-14(2)24-21(23-13)27-32(30,31)18-9-7-17(8-10-18)26-20(29)12-19(28)25-16-5-3-15(22)4-6-16/h3-11H,12H2,1-2H3,(H,25,28)(H,26,29)(H,23,24,27). The van der Waals surface area contributed by atoms with Crippen molar-refractivity contribution in [2.75, 3.05) is 15.4 Å². The Bertz CT molecular complexity index is 1230. The van der Waals surface area contributed by atoms with Crippen molar-refractivity contribution in [1.29, 1.82) is 0 Å². The van der Waals surface area contributed by atoms with E-state index in [1.807, 2.05) is 0 Å². The second-order valence-corrected chi connectivity index (χ2v) is 8.57. The Morgan fingerprint density at radius 3 is 1.81 bits per heavy atom. The van der Waals surface area contributed by atoms with E-state index in [0.29, 0.717) is 22.8 Å². The number of aryl methyl sites for hydroxylation is 2. The van der Waals surface area contributed by atoms with Crippen LogP contribution in [-0.2, 0) is 19.6 Å². The fourth-order valence-corrected chi connectivity index (χ4v) is 3.70. The van der Waals surface area contributed by atoms with E-state index in [1.165, 1.54) is 48.5 Å². The van der Waals surface area contributed by atoms with E-state index in [2.05, 4.69) is 25.3 Å². The molecule has 2 amide bonds. The summed E-state index contributed by atoms with van der Waals surface area (Å²) in [7, 11) is -3.93. The Kier molecular flexibility index (Phi) is 6.79. The number of aromatic nitrogens is 2. The van der Waals surface area contributed by atoms with Crippen LogP contribution in [0.4, 0.5) is 21.7 Å². The van der Waals surface area contributed by atoms with E-state index >= 15 is 0 Å². The fourth-order valence-electron chi connectivity index (χ4n) is 2.76. The third kappa shape index (κ3) is 6.32. The van der Waals surface area contributed by atoms with E-state index in [1.54, 1.807) is 19.9 Å². The van der Waals surface area contributed by atoms with Crippen LogP contribution in [0, 0.1) is 19.7 Å². The third-order valence-corrected chi connectivity index (χ3v) is 5.45. The maximum atomic E-state index is 12.9. The summed E-state index contributed by atoms with van der Waals surface area (Å²) in [6.45, 7) is 3.45. The molecule has 9 nitrogen and oxygen atoms in total. The minimum atomic E-state index is -3.93. The van der Waals surface area contributed by atoms with E-state index in [4.69, 9.17) is 0 Å². The van der Waals surface area contributed by atoms with E-state index in [9.17, 15) is 22.4 Å². The van der Waals surface area contributed by atoms with Crippen LogP contribution < -0.4 is 15.4 Å². The summed E-state index contributed by atoms with van der Waals surface area (Å²) in [5.74, 6) is -1.65. The number of nitrogens with one attached hydrogen (secondary N) is 3. The Balaban J connectivity index is 1.59. The molecule has 2 aromatic carbocycles. The zero-order valence-corrected chi connectivity index (χ0v) is 18.0. The predicted octanol–water partition coefficient (Wildman–Crippen LogP) is 3.00. The first-order valence-corrected chi connectivity index (χ1v) is 10.9. The Morgan fingerprint density at radius 2 is 1.31 bits per heavy atom. The molecule has 3 rings (SSSR count). The lowest BCUT2D eigenvalue weighted by atomic mass is 10.2. The Morgan fingerprint density at radius 1 is 0.844 bits per heavy atom. The lowest BCUT2D eigenvalue weighted by molar-refractivity contribution is -0.123. The molecule has 0 fully saturated rings. The number of amides is 2. The van der Waals surface area contributed by atoms with Crippen LogP contribution in [0.5, 0.6) is 0 Å². The van der Waals surface area contributed by atoms with Gasteiger partial charge in [-0.2, -0.15) is 0 Å². The van der Waals surface area contributed by atoms with Gasteiger partial charge in [0.2, 0.25) is 17.8 Å². The Labute approximate surface area is 184 Å². The third-order valence-electron chi connectivity index (χ3n) is 4.11. The molecular weight excluding hydrogens is 437 g/mol. The normalized spacial score (nSPS) is 11.0. The minimum absolute atomic E-state index is 0.0351. The molecule has 11 heteroatoms. The van der Waals surface area contributed by atoms with Crippen molar-refractivity contribution < 1.29 is 22.4 Å². The highest BCUT2D eigenvalue weighted by Crippen LogP contribution is 2.17. The molecule has 0 aliphatic rings. The first kappa shape index (κ1) is 22.8. The van der Waals surface area contributed by atoms with Crippen LogP contribution in [0.25, 0.3) is 0 Å². The van der Waals surface area contributed by atoms with Crippen LogP contribution in [0.15, 0.2) is 59.5 Å². The van der Waals surface area contributed by atoms with Gasteiger partial charge in [-0.05, 0) is 68.4 Å². The molecule has 3 aromatic rings. The van der Waals surface area contributed by atoms with Gasteiger partial charge in [0.15, 0.2) is 0 Å². The number of rotatable bonds is 7. The maximum absolute atomic E-state index is 12.9. The van der Waals surface area contributed by atoms with Crippen LogP contribution in [0.1, 0.15) is 17.8 Å². The van der Waals surface area contributed by atoms with Gasteiger partial charge in [0.05, 0.1) is 4.90 Å². The zero-order chi connectivity index (χ0) is 23.3. The topological polar surface area (TPSA) is 130 Å². The van der Waals surface area contributed by atoms with Gasteiger partial charge in [0, 0.05) is 22.8 Å². The molecular formula is C21H20FN5O4S. The van der Waals surface area contributed by atoms with Crippen molar-refractivity contribution in [3.63, 3.8) is 0 Å². The molecule has 0 saturated carbocycles. The number of carbonyl (C=O) groups is 2. The largest absolute Gasteiger partial charge is 0.326 e. The molecule has 0 bridgehead atoms. The van der Waals surface area contributed by atoms with Gasteiger partial charge >= 0.3 is 0 Å². The smallest absolute Gasteiger partial charge is 0.264 e. The summed E-state index contributed by atoms with van der Waals surface area (Å²) in [5.41, 5.74) is 1.92. The van der Waals surface area contributed by atoms with Crippen molar-refractivity contribution in [2.45, 2.75) is 25.2 Å². The van der Waals surface area contributed by atoms with Crippen LogP contribution >= 0.6 is 0 Å². The number of nitrogens with zero attached hydrogens (tertiary/aromatic N) is 2. The summed E-state index contributed by atoms with van der Waals surface area (Å²) >= 11 is 0. The van der Waals surface area contributed by atoms with Crippen LogP contribution in [-0.4, -0.2) is 30.2 Å². The van der Waals surface area contributed by atoms with E-state index < -0.39 is 34.1 Å². The van der Waals surface area contributed by atoms with Crippen molar-refractivity contribution in [2.24, 2.45) is 0 Å². The molecule has 3 N–H and O–H groups in total. The molecule has 166 valence electrons. The number of carbonyl (C=O) groups excluding carboxylic acids is 2. The SMILES string of the molecule is Cc1cc(C)nc(NS(=O)(=O)c2ccc(NC(=O)CC(=O)Nc3ccc(F)cc3)cc2)n1. The van der Waals surface area contributed by atoms with E-state index in [0.717, 1.165) is 0 Å². The van der Waals surface area contributed by atoms with Crippen molar-refractivity contribution in [3.05, 3.63) is 71.8 Å². The number of sulfonamides is 1. The predicted molar refractivity (Wildman–Crippen MR) is 117 cm³/mol. The summed E-state index contributed by atoms with van der Waals surface area (Å²) in [6.07, 6.45) is -0.469. The van der Waals surface area contributed by atoms with E-state index in [-0.39, 0.29) is 10.8 Å². The average molecular weight is 457 g/mol. The molecule has 0 radical (unpaired) electrons. The number of hydrogen-bond donors (Lipinski definition) is 3. The molecule has 0 aliphatic heterocycles. The molecule has 0 saturated heterocycles. The molecule has 1 heterocycles. The monoisotopic (exact) mass is 457 g/mol. The van der Waals surface area contributed by atoms with Gasteiger partial charge in [0.1, 0.15) is 12.2 Å². The molecule has 0 atom stereocenters. The lowest BCUT2D eigenvalue weighted by Gasteiger charge is -2.09. The van der Waals surface area contributed by atoms with Gasteiger partial charge in [-0.25, -0.2) is 27.5 Å². The summed E-state index contributed by atoms with van der Waals surface area (Å²) in [4.78, 5) is 32.1. The second kappa shape index (κ2) is 9.52. The number of benzene rings is 2. The van der Waals surface area contributed by atoms with Gasteiger partial charge in [-0.1, -0.05) is 0 Å². The van der Waals surface area contributed by atoms with Gasteiger partial charge in [-0.15, -0.1) is 0 Å². The number of hydrogen-bond acceptors (Lipinski definition) is 6. The highest BCUT2D eigenvalue weighted by molar-refractivity contribution is 7.92. The second-order valence-electron chi connectivity index (χ2n) is 6.88. The summed E-state index contributed by atoms with van der Waals surface area (Å²) < 4.78 is 40.3. The molecule has 0 aliphatic carbocycles. The first-order valence-electron chi connectivity index (χ1n) is 9.41. The average Bonchev–Trinajstić information content (AvgIpc) is 2.69. The molecule has 1 aromatic heterocycles. The number of anilines is 3. The van der Waals surface area contributed by atoms with Crippen molar-refractivity contribution in [3.8, 4) is 0 Å². The first-order chi connectivity index (χ1) is 15.1. The lowest BCUT2D eigenvalue weighted by Crippen LogP contribution is -2.21. The van der Waals surface area contributed by atoms with Crippen LogP contribution in [0.3, 0.4) is 0 Å².